The van der Waals surface area contributed by atoms with Crippen LogP contribution < -0.4 is 11.2 Å². The van der Waals surface area contributed by atoms with E-state index in [1.54, 1.807) is 6.92 Å². The van der Waals surface area contributed by atoms with Gasteiger partial charge in [-0.2, -0.15) is 0 Å². The highest BCUT2D eigenvalue weighted by atomic mass is 16.4. The first-order chi connectivity index (χ1) is 7.49. The number of carboxylic acids is 1. The van der Waals surface area contributed by atoms with Gasteiger partial charge in [-0.25, -0.2) is 9.78 Å². The van der Waals surface area contributed by atoms with Gasteiger partial charge in [-0.15, -0.1) is 0 Å². The highest BCUT2D eigenvalue weighted by molar-refractivity contribution is 5.74. The highest BCUT2D eigenvalue weighted by Gasteiger charge is 2.13. The number of hydrogen-bond acceptors (Lipinski definition) is 4. The molecule has 2 aromatic heterocycles. The predicted octanol–water partition coefficient (Wildman–Crippen LogP) is -1.19. The van der Waals surface area contributed by atoms with Gasteiger partial charge in [0.15, 0.2) is 5.52 Å². The Balaban J connectivity index is 2.83. The summed E-state index contributed by atoms with van der Waals surface area (Å²) in [5.41, 5.74) is -1.18. The van der Waals surface area contributed by atoms with E-state index in [0.29, 0.717) is 5.82 Å². The SMILES string of the molecule is Cc1nc2c(=O)[nH]c(=O)[nH]c2n1CC(=O)O. The Hall–Kier alpha value is -2.38. The summed E-state index contributed by atoms with van der Waals surface area (Å²) < 4.78 is 1.26. The molecule has 2 heterocycles. The summed E-state index contributed by atoms with van der Waals surface area (Å²) in [6, 6.07) is 0. The second kappa shape index (κ2) is 3.33. The predicted molar refractivity (Wildman–Crippen MR) is 53.3 cm³/mol. The summed E-state index contributed by atoms with van der Waals surface area (Å²) in [5, 5.41) is 8.68. The number of rotatable bonds is 2. The molecule has 0 fully saturated rings. The smallest absolute Gasteiger partial charge is 0.327 e. The van der Waals surface area contributed by atoms with E-state index in [-0.39, 0.29) is 17.7 Å². The minimum absolute atomic E-state index is 0.0263. The van der Waals surface area contributed by atoms with Crippen LogP contribution in [0.3, 0.4) is 0 Å². The number of aromatic amines is 2. The molecule has 2 rings (SSSR count). The van der Waals surface area contributed by atoms with Gasteiger partial charge < -0.3 is 9.67 Å². The lowest BCUT2D eigenvalue weighted by molar-refractivity contribution is -0.137. The molecule has 2 aromatic rings. The first-order valence-corrected chi connectivity index (χ1v) is 4.40. The van der Waals surface area contributed by atoms with Crippen molar-refractivity contribution in [3.63, 3.8) is 0 Å². The summed E-state index contributed by atoms with van der Waals surface area (Å²) in [5.74, 6) is -0.728. The van der Waals surface area contributed by atoms with Crippen LogP contribution in [0.5, 0.6) is 0 Å². The van der Waals surface area contributed by atoms with E-state index < -0.39 is 17.2 Å². The van der Waals surface area contributed by atoms with Gasteiger partial charge in [0.25, 0.3) is 5.56 Å². The van der Waals surface area contributed by atoms with Crippen LogP contribution in [0, 0.1) is 6.92 Å². The van der Waals surface area contributed by atoms with E-state index in [2.05, 4.69) is 9.97 Å². The molecule has 0 aliphatic carbocycles. The number of aromatic nitrogens is 4. The Morgan fingerprint density at radius 3 is 2.75 bits per heavy atom. The van der Waals surface area contributed by atoms with Gasteiger partial charge in [-0.1, -0.05) is 0 Å². The van der Waals surface area contributed by atoms with Crippen LogP contribution in [0.4, 0.5) is 0 Å². The third kappa shape index (κ3) is 1.49. The Morgan fingerprint density at radius 1 is 1.44 bits per heavy atom. The highest BCUT2D eigenvalue weighted by Crippen LogP contribution is 2.07. The Bertz CT molecular complexity index is 677. The summed E-state index contributed by atoms with van der Waals surface area (Å²) in [6.45, 7) is 1.20. The van der Waals surface area contributed by atoms with Crippen LogP contribution in [-0.4, -0.2) is 30.6 Å². The number of aryl methyl sites for hydroxylation is 1. The number of nitrogens with one attached hydrogen (secondary N) is 2. The standard InChI is InChI=1S/C8H8N4O4/c1-3-9-5-6(12(3)2-4(13)14)10-8(16)11-7(5)15/h2H2,1H3,(H,13,14)(H2,10,11,15,16). The third-order valence-corrected chi connectivity index (χ3v) is 2.13. The van der Waals surface area contributed by atoms with Crippen LogP contribution >= 0.6 is 0 Å². The third-order valence-electron chi connectivity index (χ3n) is 2.13. The monoisotopic (exact) mass is 224 g/mol. The van der Waals surface area contributed by atoms with Crippen molar-refractivity contribution in [1.29, 1.82) is 0 Å². The molecule has 0 saturated heterocycles. The molecule has 0 spiro atoms. The van der Waals surface area contributed by atoms with Gasteiger partial charge in [0.1, 0.15) is 18.0 Å². The number of nitrogens with zero attached hydrogens (tertiary/aromatic N) is 2. The molecular weight excluding hydrogens is 216 g/mol. The van der Waals surface area contributed by atoms with E-state index in [9.17, 15) is 14.4 Å². The average molecular weight is 224 g/mol. The van der Waals surface area contributed by atoms with Crippen molar-refractivity contribution < 1.29 is 9.90 Å². The van der Waals surface area contributed by atoms with Gasteiger partial charge in [-0.3, -0.25) is 19.6 Å². The van der Waals surface area contributed by atoms with E-state index in [1.165, 1.54) is 4.57 Å². The molecule has 0 aliphatic rings. The lowest BCUT2D eigenvalue weighted by Crippen LogP contribution is -2.23. The molecule has 0 saturated carbocycles. The zero-order valence-corrected chi connectivity index (χ0v) is 8.27. The molecule has 0 radical (unpaired) electrons. The van der Waals surface area contributed by atoms with Gasteiger partial charge >= 0.3 is 11.7 Å². The molecule has 0 bridgehead atoms. The maximum absolute atomic E-state index is 11.4. The summed E-state index contributed by atoms with van der Waals surface area (Å²) in [6.07, 6.45) is 0. The number of carbonyl (C=O) groups is 1. The molecule has 0 aromatic carbocycles. The van der Waals surface area contributed by atoms with Gasteiger partial charge in [0.2, 0.25) is 0 Å². The number of fused-ring (bicyclic) bond motifs is 1. The van der Waals surface area contributed by atoms with Crippen molar-refractivity contribution in [2.45, 2.75) is 13.5 Å². The Kier molecular flexibility index (Phi) is 2.11. The van der Waals surface area contributed by atoms with Crippen LogP contribution in [-0.2, 0) is 11.3 Å². The van der Waals surface area contributed by atoms with Crippen LogP contribution in [0.25, 0.3) is 11.2 Å². The molecule has 0 unspecified atom stereocenters. The second-order valence-electron chi connectivity index (χ2n) is 3.24. The number of carboxylic acid groups (broad SMARTS) is 1. The largest absolute Gasteiger partial charge is 0.480 e. The van der Waals surface area contributed by atoms with Crippen molar-refractivity contribution in [3.8, 4) is 0 Å². The van der Waals surface area contributed by atoms with Crippen molar-refractivity contribution in [1.82, 2.24) is 19.5 Å². The van der Waals surface area contributed by atoms with Gasteiger partial charge in [0, 0.05) is 0 Å². The first kappa shape index (κ1) is 10.1. The topological polar surface area (TPSA) is 121 Å². The van der Waals surface area contributed by atoms with Crippen molar-refractivity contribution >= 4 is 17.1 Å². The molecule has 0 aliphatic heterocycles. The quantitative estimate of drug-likeness (QED) is 0.592. The fourth-order valence-corrected chi connectivity index (χ4v) is 1.48. The molecular formula is C8H8N4O4. The van der Waals surface area contributed by atoms with E-state index in [4.69, 9.17) is 5.11 Å². The fourth-order valence-electron chi connectivity index (χ4n) is 1.48. The van der Waals surface area contributed by atoms with Crippen LogP contribution in [0.15, 0.2) is 9.59 Å². The second-order valence-corrected chi connectivity index (χ2v) is 3.24. The normalized spacial score (nSPS) is 10.8. The Morgan fingerprint density at radius 2 is 2.12 bits per heavy atom. The molecule has 16 heavy (non-hydrogen) atoms. The fraction of sp³-hybridized carbons (Fsp3) is 0.250. The molecule has 8 nitrogen and oxygen atoms in total. The van der Waals surface area contributed by atoms with E-state index in [0.717, 1.165) is 0 Å². The zero-order valence-electron chi connectivity index (χ0n) is 8.27. The van der Waals surface area contributed by atoms with Crippen LogP contribution in [0.1, 0.15) is 5.82 Å². The number of H-pyrrole nitrogens is 2. The minimum Gasteiger partial charge on any atom is -0.480 e. The summed E-state index contributed by atoms with van der Waals surface area (Å²) >= 11 is 0. The minimum atomic E-state index is -1.08. The van der Waals surface area contributed by atoms with Crippen molar-refractivity contribution in [2.24, 2.45) is 0 Å². The van der Waals surface area contributed by atoms with Crippen LogP contribution in [0.2, 0.25) is 0 Å². The summed E-state index contributed by atoms with van der Waals surface area (Å²) in [4.78, 5) is 41.3. The molecule has 0 atom stereocenters. The van der Waals surface area contributed by atoms with Crippen molar-refractivity contribution in [2.75, 3.05) is 0 Å². The number of imidazole rings is 1. The molecule has 0 amide bonds. The van der Waals surface area contributed by atoms with Gasteiger partial charge in [0.05, 0.1) is 0 Å². The molecule has 8 heteroatoms. The van der Waals surface area contributed by atoms with Gasteiger partial charge in [-0.05, 0) is 6.92 Å². The maximum Gasteiger partial charge on any atom is 0.327 e. The lowest BCUT2D eigenvalue weighted by atomic mass is 10.5. The number of aliphatic carboxylic acids is 1. The maximum atomic E-state index is 11.4. The first-order valence-electron chi connectivity index (χ1n) is 4.40. The lowest BCUT2D eigenvalue weighted by Gasteiger charge is -2.00. The molecule has 3 N–H and O–H groups in total. The van der Waals surface area contributed by atoms with E-state index >= 15 is 0 Å². The Labute approximate surface area is 87.6 Å². The van der Waals surface area contributed by atoms with E-state index in [1.807, 2.05) is 4.98 Å². The van der Waals surface area contributed by atoms with Crippen molar-refractivity contribution in [3.05, 3.63) is 26.7 Å². The molecule has 84 valence electrons. The summed E-state index contributed by atoms with van der Waals surface area (Å²) in [7, 11) is 0. The number of hydrogen-bond donors (Lipinski definition) is 3. The average Bonchev–Trinajstić information content (AvgIpc) is 2.45. The zero-order chi connectivity index (χ0) is 11.9.